The Bertz CT molecular complexity index is 649. The largest absolute Gasteiger partial charge is 0.390 e. The molecule has 0 saturated heterocycles. The monoisotopic (exact) mass is 339 g/mol. The van der Waals surface area contributed by atoms with Crippen LogP contribution in [0.2, 0.25) is 0 Å². The fraction of sp³-hybridized carbons (Fsp3) is 0.375. The van der Waals surface area contributed by atoms with E-state index < -0.39 is 12.6 Å². The fourth-order valence-corrected chi connectivity index (χ4v) is 2.08. The van der Waals surface area contributed by atoms with E-state index in [1.54, 1.807) is 10.9 Å². The Morgan fingerprint density at radius 2 is 1.88 bits per heavy atom. The van der Waals surface area contributed by atoms with Gasteiger partial charge in [0.05, 0.1) is 18.3 Å². The smallest absolute Gasteiger partial charge is 0.356 e. The third-order valence-corrected chi connectivity index (χ3v) is 3.29. The van der Waals surface area contributed by atoms with Crippen LogP contribution in [-0.4, -0.2) is 42.1 Å². The SMILES string of the molecule is CN=C(NCCc1cnn(-c2ccccc2)c1)NCCC(F)(F)F. The molecule has 1 aromatic carbocycles. The number of aliphatic imine (C=N–C) groups is 1. The molecule has 2 aromatic rings. The summed E-state index contributed by atoms with van der Waals surface area (Å²) in [5.74, 6) is 0.356. The average molecular weight is 339 g/mol. The zero-order valence-electron chi connectivity index (χ0n) is 13.3. The summed E-state index contributed by atoms with van der Waals surface area (Å²) in [5, 5.41) is 9.93. The molecule has 2 N–H and O–H groups in total. The molecule has 0 radical (unpaired) electrons. The number of guanidine groups is 1. The van der Waals surface area contributed by atoms with Crippen LogP contribution in [0.4, 0.5) is 13.2 Å². The molecule has 0 atom stereocenters. The maximum atomic E-state index is 12.1. The van der Waals surface area contributed by atoms with E-state index in [-0.39, 0.29) is 6.54 Å². The van der Waals surface area contributed by atoms with Crippen molar-refractivity contribution in [1.82, 2.24) is 20.4 Å². The number of hydrogen-bond donors (Lipinski definition) is 2. The molecule has 8 heteroatoms. The third kappa shape index (κ3) is 5.94. The lowest BCUT2D eigenvalue weighted by atomic mass is 10.2. The van der Waals surface area contributed by atoms with Gasteiger partial charge in [-0.25, -0.2) is 4.68 Å². The summed E-state index contributed by atoms with van der Waals surface area (Å²) in [6.07, 6.45) is -0.673. The minimum Gasteiger partial charge on any atom is -0.356 e. The van der Waals surface area contributed by atoms with Crippen molar-refractivity contribution in [3.63, 3.8) is 0 Å². The maximum Gasteiger partial charge on any atom is 0.390 e. The highest BCUT2D eigenvalue weighted by molar-refractivity contribution is 5.79. The van der Waals surface area contributed by atoms with Crippen molar-refractivity contribution in [2.24, 2.45) is 4.99 Å². The average Bonchev–Trinajstić information content (AvgIpc) is 3.02. The minimum atomic E-state index is -4.17. The molecule has 5 nitrogen and oxygen atoms in total. The quantitative estimate of drug-likeness (QED) is 0.628. The predicted molar refractivity (Wildman–Crippen MR) is 87.3 cm³/mol. The molecule has 0 spiro atoms. The summed E-state index contributed by atoms with van der Waals surface area (Å²) in [6, 6.07) is 9.74. The number of halogens is 3. The first-order valence-electron chi connectivity index (χ1n) is 7.58. The molecule has 0 unspecified atom stereocenters. The van der Waals surface area contributed by atoms with Gasteiger partial charge in [-0.3, -0.25) is 4.99 Å². The first-order valence-corrected chi connectivity index (χ1v) is 7.58. The molecule has 0 aliphatic carbocycles. The summed E-state index contributed by atoms with van der Waals surface area (Å²) in [5.41, 5.74) is 2.00. The van der Waals surface area contributed by atoms with E-state index in [2.05, 4.69) is 20.7 Å². The summed E-state index contributed by atoms with van der Waals surface area (Å²) < 4.78 is 38.1. The van der Waals surface area contributed by atoms with Crippen LogP contribution in [0.25, 0.3) is 5.69 Å². The zero-order valence-corrected chi connectivity index (χ0v) is 13.3. The van der Waals surface area contributed by atoms with Gasteiger partial charge in [0.1, 0.15) is 0 Å². The van der Waals surface area contributed by atoms with Crippen molar-refractivity contribution in [2.45, 2.75) is 19.0 Å². The van der Waals surface area contributed by atoms with Gasteiger partial charge < -0.3 is 10.6 Å². The molecule has 24 heavy (non-hydrogen) atoms. The molecule has 1 heterocycles. The number of alkyl halides is 3. The Hall–Kier alpha value is -2.51. The van der Waals surface area contributed by atoms with Crippen LogP contribution in [0.1, 0.15) is 12.0 Å². The summed E-state index contributed by atoms with van der Waals surface area (Å²) in [4.78, 5) is 3.90. The number of aromatic nitrogens is 2. The predicted octanol–water partition coefficient (Wildman–Crippen LogP) is 2.53. The number of hydrogen-bond acceptors (Lipinski definition) is 2. The molecule has 0 fully saturated rings. The lowest BCUT2D eigenvalue weighted by molar-refractivity contribution is -0.132. The third-order valence-electron chi connectivity index (χ3n) is 3.29. The van der Waals surface area contributed by atoms with Crippen LogP contribution in [0.15, 0.2) is 47.7 Å². The van der Waals surface area contributed by atoms with E-state index in [0.29, 0.717) is 18.9 Å². The molecular formula is C16H20F3N5. The fourth-order valence-electron chi connectivity index (χ4n) is 2.08. The van der Waals surface area contributed by atoms with E-state index in [9.17, 15) is 13.2 Å². The maximum absolute atomic E-state index is 12.1. The second-order valence-corrected chi connectivity index (χ2v) is 5.17. The molecule has 1 aromatic heterocycles. The van der Waals surface area contributed by atoms with Gasteiger partial charge in [-0.1, -0.05) is 18.2 Å². The molecule has 0 saturated carbocycles. The van der Waals surface area contributed by atoms with Crippen LogP contribution in [0.5, 0.6) is 0 Å². The molecule has 0 aliphatic heterocycles. The van der Waals surface area contributed by atoms with E-state index >= 15 is 0 Å². The molecular weight excluding hydrogens is 319 g/mol. The number of rotatable bonds is 6. The van der Waals surface area contributed by atoms with Gasteiger partial charge in [-0.2, -0.15) is 18.3 Å². The Kier molecular flexibility index (Phi) is 6.22. The highest BCUT2D eigenvalue weighted by Gasteiger charge is 2.26. The van der Waals surface area contributed by atoms with Crippen LogP contribution in [0, 0.1) is 0 Å². The standard InChI is InChI=1S/C16H20F3N5/c1-20-15(22-10-8-16(17,18)19)21-9-7-13-11-23-24(12-13)14-5-3-2-4-6-14/h2-6,11-12H,7-10H2,1H3,(H2,20,21,22). The second-order valence-electron chi connectivity index (χ2n) is 5.17. The first-order chi connectivity index (χ1) is 11.5. The van der Waals surface area contributed by atoms with Crippen LogP contribution in [-0.2, 0) is 6.42 Å². The van der Waals surface area contributed by atoms with Gasteiger partial charge in [0.15, 0.2) is 5.96 Å². The Balaban J connectivity index is 1.76. The number of nitrogens with zero attached hydrogens (tertiary/aromatic N) is 3. The first kappa shape index (κ1) is 17.8. The summed E-state index contributed by atoms with van der Waals surface area (Å²) in [6.45, 7) is 0.348. The Morgan fingerprint density at radius 3 is 2.54 bits per heavy atom. The molecule has 0 bridgehead atoms. The zero-order chi connectivity index (χ0) is 17.4. The van der Waals surface area contributed by atoms with Crippen molar-refractivity contribution >= 4 is 5.96 Å². The van der Waals surface area contributed by atoms with Crippen molar-refractivity contribution < 1.29 is 13.2 Å². The number of benzene rings is 1. The van der Waals surface area contributed by atoms with Gasteiger partial charge in [0.25, 0.3) is 0 Å². The van der Waals surface area contributed by atoms with Gasteiger partial charge in [-0.15, -0.1) is 0 Å². The highest BCUT2D eigenvalue weighted by atomic mass is 19.4. The second kappa shape index (κ2) is 8.37. The van der Waals surface area contributed by atoms with E-state index in [1.165, 1.54) is 7.05 Å². The van der Waals surface area contributed by atoms with Gasteiger partial charge in [0.2, 0.25) is 0 Å². The Morgan fingerprint density at radius 1 is 1.17 bits per heavy atom. The van der Waals surface area contributed by atoms with Crippen molar-refractivity contribution in [3.05, 3.63) is 48.3 Å². The van der Waals surface area contributed by atoms with Crippen molar-refractivity contribution in [3.8, 4) is 5.69 Å². The van der Waals surface area contributed by atoms with E-state index in [0.717, 1.165) is 11.3 Å². The van der Waals surface area contributed by atoms with Crippen LogP contribution in [0.3, 0.4) is 0 Å². The van der Waals surface area contributed by atoms with Crippen molar-refractivity contribution in [1.29, 1.82) is 0 Å². The minimum absolute atomic E-state index is 0.199. The van der Waals surface area contributed by atoms with Gasteiger partial charge in [-0.05, 0) is 24.1 Å². The lowest BCUT2D eigenvalue weighted by Crippen LogP contribution is -2.39. The normalized spacial score (nSPS) is 12.2. The van der Waals surface area contributed by atoms with Gasteiger partial charge >= 0.3 is 6.18 Å². The van der Waals surface area contributed by atoms with Crippen LogP contribution < -0.4 is 10.6 Å². The number of nitrogens with one attached hydrogen (secondary N) is 2. The topological polar surface area (TPSA) is 54.2 Å². The highest BCUT2D eigenvalue weighted by Crippen LogP contribution is 2.18. The molecule has 0 amide bonds. The molecule has 130 valence electrons. The Labute approximate surface area is 138 Å². The molecule has 0 aliphatic rings. The van der Waals surface area contributed by atoms with Gasteiger partial charge in [0, 0.05) is 26.3 Å². The number of para-hydroxylation sites is 1. The van der Waals surface area contributed by atoms with Crippen molar-refractivity contribution in [2.75, 3.05) is 20.1 Å². The lowest BCUT2D eigenvalue weighted by Gasteiger charge is -2.12. The van der Waals surface area contributed by atoms with Crippen LogP contribution >= 0.6 is 0 Å². The summed E-state index contributed by atoms with van der Waals surface area (Å²) in [7, 11) is 1.52. The van der Waals surface area contributed by atoms with E-state index in [4.69, 9.17) is 0 Å². The van der Waals surface area contributed by atoms with E-state index in [1.807, 2.05) is 36.5 Å². The summed E-state index contributed by atoms with van der Waals surface area (Å²) >= 11 is 0. The molecule has 2 rings (SSSR count).